The molecule has 0 saturated heterocycles. The third-order valence-corrected chi connectivity index (χ3v) is 4.71. The fourth-order valence-corrected chi connectivity index (χ4v) is 3.32. The molecule has 1 amide bonds. The highest BCUT2D eigenvalue weighted by Crippen LogP contribution is 2.42. The van der Waals surface area contributed by atoms with Crippen LogP contribution < -0.4 is 5.32 Å². The predicted octanol–water partition coefficient (Wildman–Crippen LogP) is 4.20. The van der Waals surface area contributed by atoms with Crippen LogP contribution in [0.25, 0.3) is 22.4 Å². The fraction of sp³-hybridized carbons (Fsp3) is 0.278. The maximum absolute atomic E-state index is 12.0. The first-order valence-corrected chi connectivity index (χ1v) is 8.10. The number of imidazole rings is 1. The number of ether oxygens (including phenoxy) is 1. The Hall–Kier alpha value is -2.89. The van der Waals surface area contributed by atoms with Crippen molar-refractivity contribution >= 4 is 22.8 Å². The average Bonchev–Trinajstić information content (AvgIpc) is 3.03. The van der Waals surface area contributed by atoms with Gasteiger partial charge in [0.25, 0.3) is 0 Å². The molecule has 3 heterocycles. The van der Waals surface area contributed by atoms with Gasteiger partial charge in [-0.1, -0.05) is 13.8 Å². The third kappa shape index (κ3) is 2.14. The molecule has 0 aliphatic carbocycles. The number of carbonyl (C=O) groups is 1. The van der Waals surface area contributed by atoms with Crippen LogP contribution in [0.4, 0.5) is 10.5 Å². The molecular formula is C18H18N4O2. The Morgan fingerprint density at radius 1 is 1.25 bits per heavy atom. The molecule has 6 heteroatoms. The highest BCUT2D eigenvalue weighted by molar-refractivity contribution is 5.94. The average molecular weight is 322 g/mol. The molecule has 0 unspecified atom stereocenters. The number of aromatic nitrogens is 3. The summed E-state index contributed by atoms with van der Waals surface area (Å²) in [5.41, 5.74) is 3.80. The fourth-order valence-electron chi connectivity index (χ4n) is 3.32. The molecule has 0 radical (unpaired) electrons. The maximum atomic E-state index is 12.0. The third-order valence-electron chi connectivity index (χ3n) is 4.71. The number of hydrogen-bond acceptors (Lipinski definition) is 4. The second-order valence-corrected chi connectivity index (χ2v) is 5.96. The number of H-pyrrole nitrogens is 1. The second kappa shape index (κ2) is 5.33. The Morgan fingerprint density at radius 3 is 2.79 bits per heavy atom. The minimum atomic E-state index is -0.592. The van der Waals surface area contributed by atoms with Gasteiger partial charge in [-0.15, -0.1) is 0 Å². The van der Waals surface area contributed by atoms with E-state index in [-0.39, 0.29) is 0 Å². The van der Waals surface area contributed by atoms with Crippen molar-refractivity contribution in [2.45, 2.75) is 32.3 Å². The number of pyridine rings is 1. The zero-order chi connectivity index (χ0) is 16.7. The Morgan fingerprint density at radius 2 is 2.08 bits per heavy atom. The number of anilines is 1. The number of hydrogen-bond donors (Lipinski definition) is 2. The lowest BCUT2D eigenvalue weighted by Crippen LogP contribution is -2.38. The zero-order valence-corrected chi connectivity index (χ0v) is 13.6. The van der Waals surface area contributed by atoms with Gasteiger partial charge in [0.05, 0.1) is 16.7 Å². The molecule has 0 bridgehead atoms. The van der Waals surface area contributed by atoms with Crippen molar-refractivity contribution in [2.75, 3.05) is 5.32 Å². The first kappa shape index (κ1) is 14.7. The molecule has 0 spiro atoms. The van der Waals surface area contributed by atoms with Crippen molar-refractivity contribution in [3.8, 4) is 11.4 Å². The van der Waals surface area contributed by atoms with Crippen molar-refractivity contribution in [3.05, 3.63) is 42.2 Å². The van der Waals surface area contributed by atoms with E-state index in [0.717, 1.165) is 46.5 Å². The topological polar surface area (TPSA) is 79.9 Å². The molecule has 1 aliphatic rings. The van der Waals surface area contributed by atoms with Gasteiger partial charge in [0.15, 0.2) is 0 Å². The number of nitrogens with zero attached hydrogens (tertiary/aromatic N) is 2. The molecule has 1 aliphatic heterocycles. The van der Waals surface area contributed by atoms with E-state index >= 15 is 0 Å². The van der Waals surface area contributed by atoms with Crippen LogP contribution in [-0.4, -0.2) is 21.0 Å². The van der Waals surface area contributed by atoms with Crippen LogP contribution >= 0.6 is 0 Å². The first-order chi connectivity index (χ1) is 11.6. The number of nitrogens with one attached hydrogen (secondary N) is 2. The summed E-state index contributed by atoms with van der Waals surface area (Å²) in [5.74, 6) is 0.756. The Kier molecular flexibility index (Phi) is 3.26. The van der Waals surface area contributed by atoms with Crippen LogP contribution in [-0.2, 0) is 10.3 Å². The van der Waals surface area contributed by atoms with Gasteiger partial charge < -0.3 is 9.72 Å². The standard InChI is InChI=1S/C18H18N4O2/c1-3-18(4-2)12-8-14-15(9-13(12)22-17(23)24-18)21-16(20-14)11-6-5-7-19-10-11/h5-10H,3-4H2,1-2H3,(H,20,21)(H,22,23). The Labute approximate surface area is 139 Å². The van der Waals surface area contributed by atoms with Gasteiger partial charge in [-0.05, 0) is 37.1 Å². The number of cyclic esters (lactones) is 1. The highest BCUT2D eigenvalue weighted by atomic mass is 16.6. The highest BCUT2D eigenvalue weighted by Gasteiger charge is 2.39. The van der Waals surface area contributed by atoms with E-state index in [1.165, 1.54) is 0 Å². The maximum Gasteiger partial charge on any atom is 0.412 e. The van der Waals surface area contributed by atoms with Crippen LogP contribution in [0.1, 0.15) is 32.3 Å². The second-order valence-electron chi connectivity index (χ2n) is 5.96. The van der Waals surface area contributed by atoms with Crippen molar-refractivity contribution in [1.29, 1.82) is 0 Å². The molecule has 24 heavy (non-hydrogen) atoms. The lowest BCUT2D eigenvalue weighted by molar-refractivity contribution is 0.00483. The summed E-state index contributed by atoms with van der Waals surface area (Å²) < 4.78 is 5.64. The molecule has 3 aromatic rings. The van der Waals surface area contributed by atoms with E-state index in [1.807, 2.05) is 38.1 Å². The van der Waals surface area contributed by atoms with E-state index < -0.39 is 11.7 Å². The summed E-state index contributed by atoms with van der Waals surface area (Å²) in [4.78, 5) is 24.1. The number of carbonyl (C=O) groups excluding carboxylic acids is 1. The summed E-state index contributed by atoms with van der Waals surface area (Å²) in [5, 5.41) is 2.80. The van der Waals surface area contributed by atoms with Gasteiger partial charge in [0, 0.05) is 23.5 Å². The lowest BCUT2D eigenvalue weighted by atomic mass is 9.86. The first-order valence-electron chi connectivity index (χ1n) is 8.10. The smallest absolute Gasteiger partial charge is 0.412 e. The van der Waals surface area contributed by atoms with E-state index in [0.29, 0.717) is 0 Å². The number of fused-ring (bicyclic) bond motifs is 2. The largest absolute Gasteiger partial charge is 0.438 e. The van der Waals surface area contributed by atoms with Crippen molar-refractivity contribution < 1.29 is 9.53 Å². The number of benzene rings is 1. The molecule has 4 rings (SSSR count). The van der Waals surface area contributed by atoms with Gasteiger partial charge >= 0.3 is 6.09 Å². The van der Waals surface area contributed by atoms with Crippen LogP contribution in [0.5, 0.6) is 0 Å². The Bertz CT molecular complexity index is 913. The SMILES string of the molecule is CCC1(CC)OC(=O)Nc2cc3nc(-c4cccnc4)[nH]c3cc21. The normalized spacial score (nSPS) is 15.7. The number of aromatic amines is 1. The number of rotatable bonds is 3. The van der Waals surface area contributed by atoms with E-state index in [2.05, 4.69) is 20.3 Å². The van der Waals surface area contributed by atoms with Gasteiger partial charge in [-0.2, -0.15) is 0 Å². The Balaban J connectivity index is 1.90. The van der Waals surface area contributed by atoms with E-state index in [1.54, 1.807) is 12.4 Å². The van der Waals surface area contributed by atoms with Crippen LogP contribution in [0, 0.1) is 0 Å². The lowest BCUT2D eigenvalue weighted by Gasteiger charge is -2.37. The number of amides is 1. The minimum absolute atomic E-state index is 0.409. The minimum Gasteiger partial charge on any atom is -0.438 e. The summed E-state index contributed by atoms with van der Waals surface area (Å²) in [7, 11) is 0. The molecular weight excluding hydrogens is 304 g/mol. The zero-order valence-electron chi connectivity index (χ0n) is 13.6. The molecule has 0 atom stereocenters. The molecule has 0 fully saturated rings. The summed E-state index contributed by atoms with van der Waals surface area (Å²) in [6, 6.07) is 7.77. The molecule has 0 saturated carbocycles. The summed E-state index contributed by atoms with van der Waals surface area (Å²) in [6.07, 6.45) is 4.53. The summed E-state index contributed by atoms with van der Waals surface area (Å²) in [6.45, 7) is 4.06. The van der Waals surface area contributed by atoms with Crippen molar-refractivity contribution in [1.82, 2.24) is 15.0 Å². The van der Waals surface area contributed by atoms with Crippen LogP contribution in [0.2, 0.25) is 0 Å². The molecule has 122 valence electrons. The molecule has 2 N–H and O–H groups in total. The molecule has 6 nitrogen and oxygen atoms in total. The van der Waals surface area contributed by atoms with Crippen molar-refractivity contribution in [2.24, 2.45) is 0 Å². The molecule has 1 aromatic carbocycles. The quantitative estimate of drug-likeness (QED) is 0.757. The van der Waals surface area contributed by atoms with E-state index in [9.17, 15) is 4.79 Å². The monoisotopic (exact) mass is 322 g/mol. The predicted molar refractivity (Wildman–Crippen MR) is 91.7 cm³/mol. The van der Waals surface area contributed by atoms with Crippen LogP contribution in [0.3, 0.4) is 0 Å². The van der Waals surface area contributed by atoms with Gasteiger partial charge in [-0.25, -0.2) is 9.78 Å². The van der Waals surface area contributed by atoms with Crippen molar-refractivity contribution in [3.63, 3.8) is 0 Å². The van der Waals surface area contributed by atoms with Gasteiger partial charge in [0.2, 0.25) is 0 Å². The van der Waals surface area contributed by atoms with Crippen LogP contribution in [0.15, 0.2) is 36.7 Å². The van der Waals surface area contributed by atoms with E-state index in [4.69, 9.17) is 4.74 Å². The van der Waals surface area contributed by atoms with Gasteiger partial charge in [-0.3, -0.25) is 10.3 Å². The molecule has 2 aromatic heterocycles. The summed E-state index contributed by atoms with van der Waals surface area (Å²) >= 11 is 0. The van der Waals surface area contributed by atoms with Gasteiger partial charge in [0.1, 0.15) is 11.4 Å².